The monoisotopic (exact) mass is 697 g/mol. The molecule has 15 heteroatoms. The molecule has 8 nitrogen and oxygen atoms in total. The summed E-state index contributed by atoms with van der Waals surface area (Å²) >= 11 is 0.706. The van der Waals surface area contributed by atoms with Crippen molar-refractivity contribution in [1.29, 1.82) is 0 Å². The molecule has 2 aromatic carbocycles. The molecule has 1 amide bonds. The first-order chi connectivity index (χ1) is 21.9. The third-order valence-electron chi connectivity index (χ3n) is 8.76. The first kappa shape index (κ1) is 34.7. The summed E-state index contributed by atoms with van der Waals surface area (Å²) in [6.45, 7) is 2.10. The maximum Gasteiger partial charge on any atom is 0.416 e. The Labute approximate surface area is 272 Å². The maximum atomic E-state index is 14.6. The number of fused-ring (bicyclic) bond motifs is 1. The molecule has 2 aliphatic rings. The Morgan fingerprint density at radius 1 is 1.15 bits per heavy atom. The number of anilines is 1. The molecule has 2 unspecified atom stereocenters. The molecule has 1 aromatic heterocycles. The Morgan fingerprint density at radius 2 is 1.87 bits per heavy atom. The normalized spacial score (nSPS) is 22.7. The summed E-state index contributed by atoms with van der Waals surface area (Å²) in [5.41, 5.74) is -2.98. The molecule has 0 radical (unpaired) electrons. The molecule has 1 saturated heterocycles. The second-order valence-corrected chi connectivity index (χ2v) is 15.4. The van der Waals surface area contributed by atoms with Crippen molar-refractivity contribution in [2.45, 2.75) is 61.0 Å². The van der Waals surface area contributed by atoms with Crippen LogP contribution in [0.1, 0.15) is 43.7 Å². The molecule has 2 aliphatic heterocycles. The van der Waals surface area contributed by atoms with Crippen molar-refractivity contribution < 1.29 is 45.1 Å². The van der Waals surface area contributed by atoms with Gasteiger partial charge in [0.15, 0.2) is 17.4 Å². The van der Waals surface area contributed by atoms with Crippen molar-refractivity contribution in [3.05, 3.63) is 82.6 Å². The van der Waals surface area contributed by atoms with Crippen molar-refractivity contribution in [2.75, 3.05) is 26.0 Å². The lowest BCUT2D eigenvalue weighted by Gasteiger charge is -2.42. The van der Waals surface area contributed by atoms with Gasteiger partial charge >= 0.3 is 6.18 Å². The Morgan fingerprint density at radius 3 is 2.55 bits per heavy atom. The number of rotatable bonds is 7. The Bertz CT molecular complexity index is 1870. The third kappa shape index (κ3) is 6.58. The molecule has 47 heavy (non-hydrogen) atoms. The number of nitrogens with one attached hydrogen (secondary N) is 1. The van der Waals surface area contributed by atoms with E-state index in [1.54, 1.807) is 6.92 Å². The van der Waals surface area contributed by atoms with Crippen LogP contribution in [0.15, 0.2) is 64.1 Å². The molecule has 1 fully saturated rings. The summed E-state index contributed by atoms with van der Waals surface area (Å²) in [7, 11) is -1.29. The van der Waals surface area contributed by atoms with Gasteiger partial charge in [0.1, 0.15) is 15.5 Å². The van der Waals surface area contributed by atoms with E-state index in [0.717, 1.165) is 28.6 Å². The van der Waals surface area contributed by atoms with Gasteiger partial charge in [-0.05, 0) is 81.1 Å². The summed E-state index contributed by atoms with van der Waals surface area (Å²) in [4.78, 5) is 29.3. The molecule has 3 heterocycles. The molecule has 0 spiro atoms. The summed E-state index contributed by atoms with van der Waals surface area (Å²) in [5, 5.41) is 14.1. The van der Waals surface area contributed by atoms with Gasteiger partial charge in [0.05, 0.1) is 11.1 Å². The lowest BCUT2D eigenvalue weighted by atomic mass is 9.84. The van der Waals surface area contributed by atoms with Crippen LogP contribution in [0.5, 0.6) is 0 Å². The van der Waals surface area contributed by atoms with Crippen LogP contribution in [-0.4, -0.2) is 66.6 Å². The predicted octanol–water partition coefficient (Wildman–Crippen LogP) is 6.54. The van der Waals surface area contributed by atoms with Gasteiger partial charge in [0.2, 0.25) is 0 Å². The second-order valence-electron chi connectivity index (χ2n) is 11.9. The predicted molar refractivity (Wildman–Crippen MR) is 166 cm³/mol. The van der Waals surface area contributed by atoms with E-state index in [9.17, 15) is 45.1 Å². The Kier molecular flexibility index (Phi) is 9.40. The number of aliphatic hydroxyl groups excluding tert-OH is 1. The van der Waals surface area contributed by atoms with E-state index in [1.165, 1.54) is 38.4 Å². The quantitative estimate of drug-likeness (QED) is 0.215. The first-order valence-electron chi connectivity index (χ1n) is 14.7. The highest BCUT2D eigenvalue weighted by atomic mass is 32.2. The Hall–Kier alpha value is -3.66. The van der Waals surface area contributed by atoms with E-state index in [1.807, 2.05) is 4.90 Å². The lowest BCUT2D eigenvalue weighted by Crippen LogP contribution is -2.52. The van der Waals surface area contributed by atoms with E-state index in [2.05, 4.69) is 5.32 Å². The standard InChI is InChI=1S/C32H32F5N3O5S2/c1-31-14-5-15-40(31)20(16-18-6-4-7-22(33)28(18)34)9-11-24(41)27(29(31)42)30(43)38-23-10-8-19(32(35,36)37)17-21(23)25-12-13-26(46-25)47(44,45)39(2)3/h4,6-8,10,12-13,17,20,42H,5,9,11,14-16H2,1-3H3,(H,38,43)/b29-27-. The highest BCUT2D eigenvalue weighted by Crippen LogP contribution is 2.43. The average molecular weight is 698 g/mol. The smallest absolute Gasteiger partial charge is 0.416 e. The van der Waals surface area contributed by atoms with E-state index in [0.29, 0.717) is 30.7 Å². The third-order valence-corrected chi connectivity index (χ3v) is 12.2. The van der Waals surface area contributed by atoms with E-state index in [4.69, 9.17) is 0 Å². The molecular weight excluding hydrogens is 665 g/mol. The van der Waals surface area contributed by atoms with E-state index < -0.39 is 68.0 Å². The van der Waals surface area contributed by atoms with E-state index in [-0.39, 0.29) is 45.2 Å². The molecule has 252 valence electrons. The number of sulfonamides is 1. The lowest BCUT2D eigenvalue weighted by molar-refractivity contribution is -0.137. The van der Waals surface area contributed by atoms with Crippen molar-refractivity contribution >= 4 is 38.7 Å². The highest BCUT2D eigenvalue weighted by Gasteiger charge is 2.48. The molecule has 0 aliphatic carbocycles. The van der Waals surface area contributed by atoms with Crippen molar-refractivity contribution in [3.63, 3.8) is 0 Å². The largest absolute Gasteiger partial charge is 0.509 e. The minimum absolute atomic E-state index is 0.0581. The van der Waals surface area contributed by atoms with Gasteiger partial charge in [-0.3, -0.25) is 14.5 Å². The fourth-order valence-corrected chi connectivity index (χ4v) is 8.72. The fraction of sp³-hybridized carbons (Fsp3) is 0.375. The first-order valence-corrected chi connectivity index (χ1v) is 16.9. The molecular formula is C32H32F5N3O5S2. The van der Waals surface area contributed by atoms with Crippen LogP contribution in [0.2, 0.25) is 0 Å². The van der Waals surface area contributed by atoms with Crippen molar-refractivity contribution in [2.24, 2.45) is 0 Å². The minimum Gasteiger partial charge on any atom is -0.509 e. The Balaban J connectivity index is 1.52. The zero-order chi connectivity index (χ0) is 34.5. The van der Waals surface area contributed by atoms with Gasteiger partial charge in [0.25, 0.3) is 15.9 Å². The molecule has 5 rings (SSSR count). The van der Waals surface area contributed by atoms with Crippen LogP contribution < -0.4 is 5.32 Å². The number of hydrogen-bond donors (Lipinski definition) is 2. The summed E-state index contributed by atoms with van der Waals surface area (Å²) in [5.74, 6) is -4.29. The summed E-state index contributed by atoms with van der Waals surface area (Å²) in [6.07, 6.45) is -3.84. The van der Waals surface area contributed by atoms with Crippen LogP contribution in [0.25, 0.3) is 10.4 Å². The van der Waals surface area contributed by atoms with Gasteiger partial charge in [-0.25, -0.2) is 21.5 Å². The van der Waals surface area contributed by atoms with Crippen LogP contribution in [0, 0.1) is 11.6 Å². The SMILES string of the molecule is CN(C)S(=O)(=O)c1ccc(-c2cc(C(F)(F)F)ccc2NC(=O)/C2=C(\O)C3(C)CCCN3C(Cc3cccc(F)c3F)CCC2=O)s1. The zero-order valence-corrected chi connectivity index (χ0v) is 27.3. The summed E-state index contributed by atoms with van der Waals surface area (Å²) < 4.78 is 95.8. The second kappa shape index (κ2) is 12.7. The van der Waals surface area contributed by atoms with Gasteiger partial charge in [-0.1, -0.05) is 12.1 Å². The minimum atomic E-state index is -4.76. The van der Waals surface area contributed by atoms with Gasteiger partial charge in [-0.15, -0.1) is 11.3 Å². The molecule has 0 saturated carbocycles. The molecule has 2 N–H and O–H groups in total. The highest BCUT2D eigenvalue weighted by molar-refractivity contribution is 7.91. The number of Topliss-reactive ketones (excluding diaryl/α,β-unsaturated/α-hetero) is 1. The number of nitrogens with zero attached hydrogens (tertiary/aromatic N) is 2. The zero-order valence-electron chi connectivity index (χ0n) is 25.6. The topological polar surface area (TPSA) is 107 Å². The van der Waals surface area contributed by atoms with Gasteiger partial charge in [0, 0.05) is 42.7 Å². The van der Waals surface area contributed by atoms with Crippen LogP contribution in [0.3, 0.4) is 0 Å². The summed E-state index contributed by atoms with van der Waals surface area (Å²) in [6, 6.07) is 8.47. The van der Waals surface area contributed by atoms with Crippen LogP contribution in [-0.2, 0) is 32.2 Å². The maximum absolute atomic E-state index is 14.6. The van der Waals surface area contributed by atoms with Gasteiger partial charge in [-0.2, -0.15) is 13.2 Å². The van der Waals surface area contributed by atoms with Crippen molar-refractivity contribution in [3.8, 4) is 10.4 Å². The number of benzene rings is 2. The van der Waals surface area contributed by atoms with Crippen LogP contribution in [0.4, 0.5) is 27.6 Å². The molecule has 3 aromatic rings. The van der Waals surface area contributed by atoms with Crippen molar-refractivity contribution in [1.82, 2.24) is 9.21 Å². The number of alkyl halides is 3. The molecule has 2 atom stereocenters. The molecule has 0 bridgehead atoms. The van der Waals surface area contributed by atoms with Crippen LogP contribution >= 0.6 is 11.3 Å². The number of aliphatic hydroxyl groups is 1. The fourth-order valence-electron chi connectivity index (χ4n) is 6.21. The van der Waals surface area contributed by atoms with E-state index >= 15 is 0 Å². The number of halogens is 5. The van der Waals surface area contributed by atoms with Gasteiger partial charge < -0.3 is 10.4 Å². The number of hydrogen-bond acceptors (Lipinski definition) is 7. The average Bonchev–Trinajstić information content (AvgIpc) is 3.65. The number of ketones is 1. The number of carbonyl (C=O) groups excluding carboxylic acids is 2. The number of thiophene rings is 1. The number of carbonyl (C=O) groups is 2. The number of amides is 1.